The molecule has 0 saturated carbocycles. The fourth-order valence-corrected chi connectivity index (χ4v) is 1.45. The number of rotatable bonds is 3. The van der Waals surface area contributed by atoms with Crippen molar-refractivity contribution in [3.63, 3.8) is 0 Å². The summed E-state index contributed by atoms with van der Waals surface area (Å²) < 4.78 is 5.54. The van der Waals surface area contributed by atoms with Gasteiger partial charge in [0.15, 0.2) is 0 Å². The maximum absolute atomic E-state index is 5.89. The highest BCUT2D eigenvalue weighted by Crippen LogP contribution is 2.25. The highest BCUT2D eigenvalue weighted by molar-refractivity contribution is 6.30. The first-order valence-electron chi connectivity index (χ1n) is 5.14. The average Bonchev–Trinajstić information content (AvgIpc) is 2.35. The van der Waals surface area contributed by atoms with Gasteiger partial charge in [-0.05, 0) is 24.6 Å². The minimum Gasteiger partial charge on any atom is -0.424 e. The molecule has 0 radical (unpaired) electrons. The summed E-state index contributed by atoms with van der Waals surface area (Å²) in [6.07, 6.45) is 3.28. The standard InChI is InChI=1S/C12H12ClN3O/c1-8-2-3-10(13)4-11(8)17-12-15-6-9(5-14)7-16-12/h2-4,6-7H,5,14H2,1H3. The van der Waals surface area contributed by atoms with Crippen LogP contribution < -0.4 is 10.5 Å². The van der Waals surface area contributed by atoms with Crippen LogP contribution in [0.3, 0.4) is 0 Å². The van der Waals surface area contributed by atoms with Gasteiger partial charge in [-0.3, -0.25) is 0 Å². The van der Waals surface area contributed by atoms with Gasteiger partial charge >= 0.3 is 6.01 Å². The van der Waals surface area contributed by atoms with Crippen LogP contribution in [0.25, 0.3) is 0 Å². The monoisotopic (exact) mass is 249 g/mol. The van der Waals surface area contributed by atoms with Gasteiger partial charge in [-0.25, -0.2) is 9.97 Å². The van der Waals surface area contributed by atoms with Gasteiger partial charge in [-0.15, -0.1) is 0 Å². The second-order valence-corrected chi connectivity index (χ2v) is 4.03. The van der Waals surface area contributed by atoms with E-state index in [4.69, 9.17) is 22.1 Å². The summed E-state index contributed by atoms with van der Waals surface area (Å²) in [6, 6.07) is 5.71. The predicted octanol–water partition coefficient (Wildman–Crippen LogP) is 2.69. The Morgan fingerprint density at radius 3 is 2.65 bits per heavy atom. The number of aryl methyl sites for hydroxylation is 1. The van der Waals surface area contributed by atoms with Crippen molar-refractivity contribution >= 4 is 11.6 Å². The molecule has 1 heterocycles. The lowest BCUT2D eigenvalue weighted by molar-refractivity contribution is 0.438. The first-order valence-corrected chi connectivity index (χ1v) is 5.52. The molecule has 0 atom stereocenters. The van der Waals surface area contributed by atoms with Crippen molar-refractivity contribution in [1.82, 2.24) is 9.97 Å². The van der Waals surface area contributed by atoms with E-state index in [0.29, 0.717) is 17.3 Å². The predicted molar refractivity (Wildman–Crippen MR) is 66.2 cm³/mol. The lowest BCUT2D eigenvalue weighted by Gasteiger charge is -2.07. The number of aromatic nitrogens is 2. The van der Waals surface area contributed by atoms with Crippen LogP contribution in [-0.4, -0.2) is 9.97 Å². The second kappa shape index (κ2) is 5.12. The Kier molecular flexibility index (Phi) is 3.56. The van der Waals surface area contributed by atoms with Gasteiger partial charge in [0.25, 0.3) is 0 Å². The first-order chi connectivity index (χ1) is 8.19. The first kappa shape index (κ1) is 11.8. The molecule has 88 valence electrons. The van der Waals surface area contributed by atoms with Crippen molar-refractivity contribution in [2.75, 3.05) is 0 Å². The minimum atomic E-state index is 0.285. The van der Waals surface area contributed by atoms with Crippen LogP contribution in [0.1, 0.15) is 11.1 Å². The van der Waals surface area contributed by atoms with Crippen molar-refractivity contribution in [1.29, 1.82) is 0 Å². The van der Waals surface area contributed by atoms with Gasteiger partial charge < -0.3 is 10.5 Å². The molecular weight excluding hydrogens is 238 g/mol. The minimum absolute atomic E-state index is 0.285. The Labute approximate surface area is 104 Å². The molecule has 0 unspecified atom stereocenters. The van der Waals surface area contributed by atoms with Gasteiger partial charge in [0.2, 0.25) is 0 Å². The molecule has 0 saturated heterocycles. The molecule has 5 heteroatoms. The van der Waals surface area contributed by atoms with Crippen molar-refractivity contribution in [3.8, 4) is 11.8 Å². The van der Waals surface area contributed by atoms with Crippen LogP contribution in [0.4, 0.5) is 0 Å². The van der Waals surface area contributed by atoms with Gasteiger partial charge in [0.05, 0.1) is 0 Å². The average molecular weight is 250 g/mol. The van der Waals surface area contributed by atoms with Crippen LogP contribution in [0.5, 0.6) is 11.8 Å². The van der Waals surface area contributed by atoms with Crippen LogP contribution in [-0.2, 0) is 6.54 Å². The summed E-state index contributed by atoms with van der Waals surface area (Å²) in [5.41, 5.74) is 7.29. The lowest BCUT2D eigenvalue weighted by atomic mass is 10.2. The van der Waals surface area contributed by atoms with Gasteiger partial charge in [0, 0.05) is 29.5 Å². The third-order valence-electron chi connectivity index (χ3n) is 2.27. The lowest BCUT2D eigenvalue weighted by Crippen LogP contribution is -1.99. The molecule has 0 fully saturated rings. The zero-order chi connectivity index (χ0) is 12.3. The molecule has 2 aromatic rings. The third-order valence-corrected chi connectivity index (χ3v) is 2.50. The molecule has 2 rings (SSSR count). The number of halogens is 1. The van der Waals surface area contributed by atoms with E-state index in [0.717, 1.165) is 11.1 Å². The molecule has 0 spiro atoms. The molecule has 1 aromatic carbocycles. The summed E-state index contributed by atoms with van der Waals surface area (Å²) in [5, 5.41) is 0.615. The Bertz CT molecular complexity index is 514. The van der Waals surface area contributed by atoms with E-state index in [1.807, 2.05) is 19.1 Å². The number of ether oxygens (including phenoxy) is 1. The quantitative estimate of drug-likeness (QED) is 0.909. The fourth-order valence-electron chi connectivity index (χ4n) is 1.28. The molecule has 4 nitrogen and oxygen atoms in total. The van der Waals surface area contributed by atoms with E-state index < -0.39 is 0 Å². The van der Waals surface area contributed by atoms with Crippen molar-refractivity contribution in [2.24, 2.45) is 5.73 Å². The molecule has 0 amide bonds. The van der Waals surface area contributed by atoms with E-state index in [1.165, 1.54) is 0 Å². The summed E-state index contributed by atoms with van der Waals surface area (Å²) in [6.45, 7) is 2.34. The van der Waals surface area contributed by atoms with Gasteiger partial charge in [-0.1, -0.05) is 17.7 Å². The Balaban J connectivity index is 2.22. The molecule has 0 bridgehead atoms. The van der Waals surface area contributed by atoms with E-state index >= 15 is 0 Å². The highest BCUT2D eigenvalue weighted by Gasteiger charge is 2.04. The van der Waals surface area contributed by atoms with E-state index in [9.17, 15) is 0 Å². The Morgan fingerprint density at radius 2 is 2.00 bits per heavy atom. The maximum Gasteiger partial charge on any atom is 0.321 e. The Hall–Kier alpha value is -1.65. The SMILES string of the molecule is Cc1ccc(Cl)cc1Oc1ncc(CN)cn1. The number of nitrogens with two attached hydrogens (primary N) is 1. The normalized spacial score (nSPS) is 10.3. The number of hydrogen-bond acceptors (Lipinski definition) is 4. The van der Waals surface area contributed by atoms with Crippen LogP contribution in [0.15, 0.2) is 30.6 Å². The number of hydrogen-bond donors (Lipinski definition) is 1. The van der Waals surface area contributed by atoms with E-state index in [2.05, 4.69) is 9.97 Å². The van der Waals surface area contributed by atoms with Gasteiger partial charge in [-0.2, -0.15) is 0 Å². The molecular formula is C12H12ClN3O. The summed E-state index contributed by atoms with van der Waals surface area (Å²) in [7, 11) is 0. The van der Waals surface area contributed by atoms with Crippen LogP contribution in [0.2, 0.25) is 5.02 Å². The third kappa shape index (κ3) is 2.93. The Morgan fingerprint density at radius 1 is 1.29 bits per heavy atom. The molecule has 17 heavy (non-hydrogen) atoms. The van der Waals surface area contributed by atoms with Crippen LogP contribution in [0, 0.1) is 6.92 Å². The van der Waals surface area contributed by atoms with Gasteiger partial charge in [0.1, 0.15) is 5.75 Å². The van der Waals surface area contributed by atoms with Crippen LogP contribution >= 0.6 is 11.6 Å². The highest BCUT2D eigenvalue weighted by atomic mass is 35.5. The van der Waals surface area contributed by atoms with E-state index in [-0.39, 0.29) is 6.01 Å². The molecule has 0 aliphatic carbocycles. The zero-order valence-corrected chi connectivity index (χ0v) is 10.1. The molecule has 2 N–H and O–H groups in total. The molecule has 1 aromatic heterocycles. The summed E-state index contributed by atoms with van der Waals surface area (Å²) in [4.78, 5) is 8.12. The fraction of sp³-hybridized carbons (Fsp3) is 0.167. The van der Waals surface area contributed by atoms with Crippen molar-refractivity contribution < 1.29 is 4.74 Å². The maximum atomic E-state index is 5.89. The topological polar surface area (TPSA) is 61.0 Å². The molecule has 0 aliphatic heterocycles. The summed E-state index contributed by atoms with van der Waals surface area (Å²) in [5.74, 6) is 0.651. The number of nitrogens with zero attached hydrogens (tertiary/aromatic N) is 2. The van der Waals surface area contributed by atoms with Crippen molar-refractivity contribution in [3.05, 3.63) is 46.7 Å². The van der Waals surface area contributed by atoms with E-state index in [1.54, 1.807) is 18.5 Å². The molecule has 0 aliphatic rings. The largest absolute Gasteiger partial charge is 0.424 e. The second-order valence-electron chi connectivity index (χ2n) is 3.59. The number of benzene rings is 1. The van der Waals surface area contributed by atoms with Crippen molar-refractivity contribution in [2.45, 2.75) is 13.5 Å². The zero-order valence-electron chi connectivity index (χ0n) is 9.35. The smallest absolute Gasteiger partial charge is 0.321 e. The summed E-state index contributed by atoms with van der Waals surface area (Å²) >= 11 is 5.89.